The largest absolute Gasteiger partial charge is 0.468 e. The Labute approximate surface area is 244 Å². The zero-order chi connectivity index (χ0) is 29.5. The molecule has 10 nitrogen and oxygen atoms in total. The van der Waals surface area contributed by atoms with Gasteiger partial charge >= 0.3 is 12.1 Å². The number of carbonyl (C=O) groups excluding carboxylic acids is 2. The Kier molecular flexibility index (Phi) is 6.92. The number of aromatic nitrogens is 4. The van der Waals surface area contributed by atoms with Crippen LogP contribution in [0.4, 0.5) is 4.79 Å². The molecule has 2 aliphatic rings. The third kappa shape index (κ3) is 5.08. The van der Waals surface area contributed by atoms with E-state index in [1.54, 1.807) is 11.5 Å². The van der Waals surface area contributed by atoms with Crippen LogP contribution in [0.3, 0.4) is 0 Å². The Morgan fingerprint density at radius 1 is 1.02 bits per heavy atom. The van der Waals surface area contributed by atoms with E-state index in [0.29, 0.717) is 17.4 Å². The van der Waals surface area contributed by atoms with Gasteiger partial charge in [-0.1, -0.05) is 54.6 Å². The van der Waals surface area contributed by atoms with Crippen LogP contribution in [0.25, 0.3) is 28.1 Å². The van der Waals surface area contributed by atoms with Crippen molar-refractivity contribution in [2.24, 2.45) is 0 Å². The van der Waals surface area contributed by atoms with Gasteiger partial charge in [0.25, 0.3) is 0 Å². The summed E-state index contributed by atoms with van der Waals surface area (Å²) in [6.07, 6.45) is 2.30. The number of alkyl carbamates (subject to hydrolysis) is 1. The van der Waals surface area contributed by atoms with Gasteiger partial charge in [-0.2, -0.15) is 0 Å². The molecule has 216 valence electrons. The molecule has 1 aliphatic carbocycles. The van der Waals surface area contributed by atoms with E-state index in [-0.39, 0.29) is 19.0 Å². The van der Waals surface area contributed by atoms with Crippen LogP contribution < -0.4 is 10.1 Å². The highest BCUT2D eigenvalue weighted by atomic mass is 16.6. The Morgan fingerprint density at radius 3 is 2.40 bits per heavy atom. The van der Waals surface area contributed by atoms with Crippen molar-refractivity contribution in [1.82, 2.24) is 25.1 Å². The average Bonchev–Trinajstić information content (AvgIpc) is 3.39. The Balaban J connectivity index is 1.40. The summed E-state index contributed by atoms with van der Waals surface area (Å²) in [4.78, 5) is 30.3. The summed E-state index contributed by atoms with van der Waals surface area (Å²) in [6, 6.07) is 20.0. The van der Waals surface area contributed by atoms with Gasteiger partial charge in [0, 0.05) is 11.1 Å². The van der Waals surface area contributed by atoms with Crippen molar-refractivity contribution in [3.05, 3.63) is 77.9 Å². The average molecular weight is 568 g/mol. The normalized spacial score (nSPS) is 15.0. The lowest BCUT2D eigenvalue weighted by molar-refractivity contribution is 0.0376. The number of rotatable bonds is 6. The molecule has 2 aromatic carbocycles. The smallest absolute Gasteiger partial charge is 0.408 e. The predicted molar refractivity (Wildman–Crippen MR) is 155 cm³/mol. The standard InChI is InChI=1S/C32H33N5O5/c1-5-40-29(38)27-36-35-25-19-41-28-24(37(25)27)18-23(20-10-7-6-8-11-20)26(33-28)21-12-14-22(15-13-21)32(16-9-17-32)34-30(39)42-31(2,3)4/h6-8,10-15,18H,5,9,16-17,19H2,1-4H3,(H,34,39). The first-order valence-corrected chi connectivity index (χ1v) is 14.1. The molecule has 1 amide bonds. The fraction of sp³-hybridized carbons (Fsp3) is 0.344. The van der Waals surface area contributed by atoms with Gasteiger partial charge in [0.05, 0.1) is 17.8 Å². The van der Waals surface area contributed by atoms with Gasteiger partial charge in [0.15, 0.2) is 12.4 Å². The minimum Gasteiger partial charge on any atom is -0.468 e. The van der Waals surface area contributed by atoms with E-state index < -0.39 is 23.2 Å². The van der Waals surface area contributed by atoms with E-state index in [1.165, 1.54) is 0 Å². The van der Waals surface area contributed by atoms with Crippen LogP contribution in [-0.4, -0.2) is 44.0 Å². The molecule has 0 spiro atoms. The molecule has 6 rings (SSSR count). The van der Waals surface area contributed by atoms with Crippen LogP contribution in [0.1, 0.15) is 69.0 Å². The summed E-state index contributed by atoms with van der Waals surface area (Å²) in [5.41, 5.74) is 3.98. The molecule has 0 saturated heterocycles. The van der Waals surface area contributed by atoms with Crippen molar-refractivity contribution in [2.75, 3.05) is 6.61 Å². The van der Waals surface area contributed by atoms with Crippen LogP contribution in [0.2, 0.25) is 0 Å². The lowest BCUT2D eigenvalue weighted by Gasteiger charge is -2.43. The summed E-state index contributed by atoms with van der Waals surface area (Å²) >= 11 is 0. The first-order chi connectivity index (χ1) is 20.2. The zero-order valence-corrected chi connectivity index (χ0v) is 24.1. The van der Waals surface area contributed by atoms with Crippen LogP contribution in [-0.2, 0) is 21.6 Å². The van der Waals surface area contributed by atoms with Gasteiger partial charge in [-0.05, 0) is 64.2 Å². The molecule has 1 N–H and O–H groups in total. The summed E-state index contributed by atoms with van der Waals surface area (Å²) in [5.74, 6) is 0.382. The molecule has 1 saturated carbocycles. The lowest BCUT2D eigenvalue weighted by atomic mass is 9.71. The van der Waals surface area contributed by atoms with Crippen LogP contribution in [0.5, 0.6) is 5.88 Å². The molecule has 3 heterocycles. The highest BCUT2D eigenvalue weighted by Gasteiger charge is 2.41. The van der Waals surface area contributed by atoms with E-state index in [4.69, 9.17) is 19.2 Å². The number of fused-ring (bicyclic) bond motifs is 3. The Hall–Kier alpha value is -4.73. The maximum atomic E-state index is 12.7. The number of carbonyl (C=O) groups is 2. The zero-order valence-electron chi connectivity index (χ0n) is 24.1. The minimum atomic E-state index is -0.572. The molecular weight excluding hydrogens is 534 g/mol. The first-order valence-electron chi connectivity index (χ1n) is 14.1. The molecule has 2 aromatic heterocycles. The van der Waals surface area contributed by atoms with Gasteiger partial charge in [0.1, 0.15) is 11.3 Å². The summed E-state index contributed by atoms with van der Waals surface area (Å²) in [6.45, 7) is 7.66. The molecule has 1 fully saturated rings. The van der Waals surface area contributed by atoms with Gasteiger partial charge in [-0.25, -0.2) is 14.6 Å². The second-order valence-electron chi connectivity index (χ2n) is 11.5. The van der Waals surface area contributed by atoms with Crippen molar-refractivity contribution in [1.29, 1.82) is 0 Å². The molecule has 1 aliphatic heterocycles. The Morgan fingerprint density at radius 2 is 1.76 bits per heavy atom. The fourth-order valence-electron chi connectivity index (χ4n) is 5.40. The number of hydrogen-bond acceptors (Lipinski definition) is 8. The van der Waals surface area contributed by atoms with Gasteiger partial charge < -0.3 is 19.5 Å². The van der Waals surface area contributed by atoms with E-state index in [2.05, 4.69) is 15.5 Å². The second kappa shape index (κ2) is 10.6. The fourth-order valence-corrected chi connectivity index (χ4v) is 5.40. The SMILES string of the molecule is CCOC(=O)c1nnc2n1-c1cc(-c3ccccc3)c(-c3ccc(C4(NC(=O)OC(C)(C)C)CCC4)cc3)nc1OC2. The van der Waals surface area contributed by atoms with E-state index in [0.717, 1.165) is 47.2 Å². The van der Waals surface area contributed by atoms with E-state index in [9.17, 15) is 9.59 Å². The maximum Gasteiger partial charge on any atom is 0.408 e. The molecule has 42 heavy (non-hydrogen) atoms. The van der Waals surface area contributed by atoms with Crippen LogP contribution in [0, 0.1) is 0 Å². The maximum absolute atomic E-state index is 12.7. The van der Waals surface area contributed by atoms with E-state index in [1.807, 2.05) is 81.4 Å². The number of benzene rings is 2. The highest BCUT2D eigenvalue weighted by molar-refractivity contribution is 5.88. The highest BCUT2D eigenvalue weighted by Crippen LogP contribution is 2.43. The number of esters is 1. The van der Waals surface area contributed by atoms with Crippen molar-refractivity contribution in [3.8, 4) is 34.0 Å². The van der Waals surface area contributed by atoms with Crippen molar-refractivity contribution >= 4 is 12.1 Å². The lowest BCUT2D eigenvalue weighted by Crippen LogP contribution is -2.52. The molecule has 0 radical (unpaired) electrons. The van der Waals surface area contributed by atoms with Gasteiger partial charge in [-0.15, -0.1) is 10.2 Å². The molecule has 0 bridgehead atoms. The van der Waals surface area contributed by atoms with Crippen LogP contribution in [0.15, 0.2) is 60.7 Å². The van der Waals surface area contributed by atoms with Crippen molar-refractivity contribution in [2.45, 2.75) is 64.7 Å². The molecule has 4 aromatic rings. The molecule has 10 heteroatoms. The number of hydrogen-bond donors (Lipinski definition) is 1. The number of pyridine rings is 1. The summed E-state index contributed by atoms with van der Waals surface area (Å²) in [7, 11) is 0. The first kappa shape index (κ1) is 27.4. The summed E-state index contributed by atoms with van der Waals surface area (Å²) < 4.78 is 18.4. The predicted octanol–water partition coefficient (Wildman–Crippen LogP) is 5.97. The summed E-state index contributed by atoms with van der Waals surface area (Å²) in [5, 5.41) is 11.3. The van der Waals surface area contributed by atoms with Crippen LogP contribution >= 0.6 is 0 Å². The monoisotopic (exact) mass is 567 g/mol. The third-order valence-corrected chi connectivity index (χ3v) is 7.48. The molecule has 0 atom stereocenters. The second-order valence-corrected chi connectivity index (χ2v) is 11.5. The topological polar surface area (TPSA) is 117 Å². The number of ether oxygens (including phenoxy) is 3. The third-order valence-electron chi connectivity index (χ3n) is 7.48. The number of nitrogens with zero attached hydrogens (tertiary/aromatic N) is 4. The quantitative estimate of drug-likeness (QED) is 0.283. The van der Waals surface area contributed by atoms with Crippen molar-refractivity contribution < 1.29 is 23.8 Å². The van der Waals surface area contributed by atoms with Crippen molar-refractivity contribution in [3.63, 3.8) is 0 Å². The molecular formula is C32H33N5O5. The molecule has 0 unspecified atom stereocenters. The number of nitrogens with one attached hydrogen (secondary N) is 1. The van der Waals surface area contributed by atoms with Gasteiger partial charge in [-0.3, -0.25) is 4.57 Å². The Bertz CT molecular complexity index is 1640. The number of amides is 1. The van der Waals surface area contributed by atoms with Gasteiger partial charge in [0.2, 0.25) is 11.7 Å². The van der Waals surface area contributed by atoms with E-state index >= 15 is 0 Å². The minimum absolute atomic E-state index is 0.0811.